The highest BCUT2D eigenvalue weighted by Gasteiger charge is 2.21. The lowest BCUT2D eigenvalue weighted by Gasteiger charge is -2.19. The van der Waals surface area contributed by atoms with Gasteiger partial charge in [-0.3, -0.25) is 0 Å². The predicted octanol–water partition coefficient (Wildman–Crippen LogP) is 4.69. The van der Waals surface area contributed by atoms with Gasteiger partial charge in [0.1, 0.15) is 11.1 Å². The van der Waals surface area contributed by atoms with Gasteiger partial charge in [-0.05, 0) is 19.1 Å². The molecule has 1 aliphatic rings. The van der Waals surface area contributed by atoms with Crippen molar-refractivity contribution in [1.82, 2.24) is 4.98 Å². The van der Waals surface area contributed by atoms with E-state index in [1.807, 2.05) is 11.8 Å². The van der Waals surface area contributed by atoms with E-state index in [1.54, 1.807) is 11.3 Å². The number of rotatable bonds is 2. The smallest absolute Gasteiger partial charge is 0.123 e. The number of hydrogen-bond acceptors (Lipinski definition) is 4. The number of aromatic nitrogens is 1. The third kappa shape index (κ3) is 3.05. The molecule has 1 aromatic carbocycles. The molecule has 0 N–H and O–H groups in total. The molecule has 2 heterocycles. The molecule has 19 heavy (non-hydrogen) atoms. The summed E-state index contributed by atoms with van der Waals surface area (Å²) < 4.78 is 6.90. The van der Waals surface area contributed by atoms with Crippen molar-refractivity contribution in [2.45, 2.75) is 13.0 Å². The average molecular weight is 356 g/mol. The number of aryl methyl sites for hydroxylation is 1. The SMILES string of the molecule is Cc1sc(C2CSCCO2)nc1-c1ccc(Br)cc1. The lowest BCUT2D eigenvalue weighted by Crippen LogP contribution is -2.15. The first kappa shape index (κ1) is 13.6. The second kappa shape index (κ2) is 5.95. The standard InChI is InChI=1S/C14H14BrNOS2/c1-9-13(10-2-4-11(15)5-3-10)16-14(19-9)12-8-18-7-6-17-12/h2-5,12H,6-8H2,1H3. The molecule has 2 nitrogen and oxygen atoms in total. The first-order chi connectivity index (χ1) is 9.24. The summed E-state index contributed by atoms with van der Waals surface area (Å²) in [4.78, 5) is 6.06. The van der Waals surface area contributed by atoms with Gasteiger partial charge >= 0.3 is 0 Å². The van der Waals surface area contributed by atoms with E-state index in [1.165, 1.54) is 10.4 Å². The number of hydrogen-bond donors (Lipinski definition) is 0. The summed E-state index contributed by atoms with van der Waals surface area (Å²) in [6.07, 6.45) is 0.173. The number of thioether (sulfide) groups is 1. The Labute approximate surface area is 129 Å². The van der Waals surface area contributed by atoms with Crippen molar-refractivity contribution in [2.75, 3.05) is 18.1 Å². The highest BCUT2D eigenvalue weighted by atomic mass is 79.9. The molecule has 1 saturated heterocycles. The van der Waals surface area contributed by atoms with Gasteiger partial charge in [0.15, 0.2) is 0 Å². The van der Waals surface area contributed by atoms with Gasteiger partial charge in [-0.2, -0.15) is 11.8 Å². The first-order valence-electron chi connectivity index (χ1n) is 6.16. The van der Waals surface area contributed by atoms with E-state index in [0.29, 0.717) is 0 Å². The molecule has 0 amide bonds. The Kier molecular flexibility index (Phi) is 4.27. The Morgan fingerprint density at radius 2 is 2.11 bits per heavy atom. The Hall–Kier alpha value is -0.360. The summed E-state index contributed by atoms with van der Waals surface area (Å²) in [6.45, 7) is 2.97. The Bertz CT molecular complexity index is 561. The predicted molar refractivity (Wildman–Crippen MR) is 86.0 cm³/mol. The fourth-order valence-corrected chi connectivity index (χ4v) is 4.27. The molecule has 0 spiro atoms. The van der Waals surface area contributed by atoms with Gasteiger partial charge in [0.05, 0.1) is 12.3 Å². The monoisotopic (exact) mass is 355 g/mol. The zero-order valence-electron chi connectivity index (χ0n) is 10.6. The van der Waals surface area contributed by atoms with Gasteiger partial charge in [0.25, 0.3) is 0 Å². The van der Waals surface area contributed by atoms with Gasteiger partial charge in [-0.25, -0.2) is 4.98 Å². The summed E-state index contributed by atoms with van der Waals surface area (Å²) in [7, 11) is 0. The van der Waals surface area contributed by atoms with Crippen molar-refractivity contribution in [3.8, 4) is 11.3 Å². The summed E-state index contributed by atoms with van der Waals surface area (Å²) in [6, 6.07) is 8.32. The normalized spacial score (nSPS) is 19.6. The van der Waals surface area contributed by atoms with Gasteiger partial charge in [0.2, 0.25) is 0 Å². The first-order valence-corrected chi connectivity index (χ1v) is 8.93. The minimum Gasteiger partial charge on any atom is -0.369 e. The molecule has 1 unspecified atom stereocenters. The maximum atomic E-state index is 5.81. The molecule has 1 aromatic heterocycles. The van der Waals surface area contributed by atoms with Gasteiger partial charge in [-0.1, -0.05) is 28.1 Å². The maximum absolute atomic E-state index is 5.81. The third-order valence-electron chi connectivity index (χ3n) is 3.02. The molecule has 1 aliphatic heterocycles. The molecule has 1 fully saturated rings. The van der Waals surface area contributed by atoms with Crippen LogP contribution in [0.1, 0.15) is 16.0 Å². The van der Waals surface area contributed by atoms with Crippen LogP contribution in [-0.4, -0.2) is 23.1 Å². The van der Waals surface area contributed by atoms with Gasteiger partial charge < -0.3 is 4.74 Å². The van der Waals surface area contributed by atoms with E-state index >= 15 is 0 Å². The summed E-state index contributed by atoms with van der Waals surface area (Å²) >= 11 is 7.17. The molecule has 0 aliphatic carbocycles. The maximum Gasteiger partial charge on any atom is 0.123 e. The molecular formula is C14H14BrNOS2. The minimum absolute atomic E-state index is 0.173. The Morgan fingerprint density at radius 3 is 2.79 bits per heavy atom. The molecule has 2 aromatic rings. The van der Waals surface area contributed by atoms with Crippen LogP contribution in [0, 0.1) is 6.92 Å². The molecule has 100 valence electrons. The third-order valence-corrected chi connectivity index (χ3v) is 5.61. The van der Waals surface area contributed by atoms with E-state index < -0.39 is 0 Å². The number of halogens is 1. The van der Waals surface area contributed by atoms with Crippen molar-refractivity contribution in [2.24, 2.45) is 0 Å². The van der Waals surface area contributed by atoms with Crippen LogP contribution in [0.3, 0.4) is 0 Å². The zero-order chi connectivity index (χ0) is 13.2. The van der Waals surface area contributed by atoms with Crippen molar-refractivity contribution >= 4 is 39.0 Å². The number of benzene rings is 1. The van der Waals surface area contributed by atoms with Crippen LogP contribution in [0.4, 0.5) is 0 Å². The zero-order valence-corrected chi connectivity index (χ0v) is 13.8. The fourth-order valence-electron chi connectivity index (χ4n) is 2.06. The topological polar surface area (TPSA) is 22.1 Å². The van der Waals surface area contributed by atoms with E-state index in [4.69, 9.17) is 9.72 Å². The lowest BCUT2D eigenvalue weighted by molar-refractivity contribution is 0.0756. The van der Waals surface area contributed by atoms with Crippen LogP contribution in [-0.2, 0) is 4.74 Å². The highest BCUT2D eigenvalue weighted by Crippen LogP contribution is 2.35. The van der Waals surface area contributed by atoms with Crippen molar-refractivity contribution in [1.29, 1.82) is 0 Å². The highest BCUT2D eigenvalue weighted by molar-refractivity contribution is 9.10. The molecule has 0 radical (unpaired) electrons. The van der Waals surface area contributed by atoms with Crippen molar-refractivity contribution < 1.29 is 4.74 Å². The second-order valence-corrected chi connectivity index (χ2v) is 7.70. The molecule has 3 rings (SSSR count). The summed E-state index contributed by atoms with van der Waals surface area (Å²) in [5.41, 5.74) is 2.26. The number of thiazole rings is 1. The van der Waals surface area contributed by atoms with Crippen molar-refractivity contribution in [3.05, 3.63) is 38.6 Å². The number of nitrogens with zero attached hydrogens (tertiary/aromatic N) is 1. The second-order valence-electron chi connectivity index (χ2n) is 4.40. The molecule has 5 heteroatoms. The van der Waals surface area contributed by atoms with Gasteiger partial charge in [0, 0.05) is 26.4 Å². The Balaban J connectivity index is 1.90. The summed E-state index contributed by atoms with van der Waals surface area (Å²) in [5.74, 6) is 2.12. The van der Waals surface area contributed by atoms with E-state index in [2.05, 4.69) is 47.1 Å². The van der Waals surface area contributed by atoms with Crippen LogP contribution in [0.2, 0.25) is 0 Å². The van der Waals surface area contributed by atoms with Crippen molar-refractivity contribution in [3.63, 3.8) is 0 Å². The average Bonchev–Trinajstić information content (AvgIpc) is 2.83. The van der Waals surface area contributed by atoms with Gasteiger partial charge in [-0.15, -0.1) is 11.3 Å². The van der Waals surface area contributed by atoms with E-state index in [0.717, 1.165) is 33.3 Å². The largest absolute Gasteiger partial charge is 0.369 e. The Morgan fingerprint density at radius 1 is 1.32 bits per heavy atom. The van der Waals surface area contributed by atoms with Crippen LogP contribution >= 0.6 is 39.0 Å². The minimum atomic E-state index is 0.173. The van der Waals surface area contributed by atoms with Crippen LogP contribution in [0.15, 0.2) is 28.7 Å². The fraction of sp³-hybridized carbons (Fsp3) is 0.357. The van der Waals surface area contributed by atoms with E-state index in [9.17, 15) is 0 Å². The quantitative estimate of drug-likeness (QED) is 0.780. The van der Waals surface area contributed by atoms with Crippen LogP contribution in [0.25, 0.3) is 11.3 Å². The molecule has 1 atom stereocenters. The molecule has 0 saturated carbocycles. The number of ether oxygens (including phenoxy) is 1. The van der Waals surface area contributed by atoms with Crippen LogP contribution < -0.4 is 0 Å². The van der Waals surface area contributed by atoms with E-state index in [-0.39, 0.29) is 6.10 Å². The molecular weight excluding hydrogens is 342 g/mol. The lowest BCUT2D eigenvalue weighted by atomic mass is 10.1. The summed E-state index contributed by atoms with van der Waals surface area (Å²) in [5, 5.41) is 1.11. The molecule has 0 bridgehead atoms. The van der Waals surface area contributed by atoms with Crippen LogP contribution in [0.5, 0.6) is 0 Å².